The van der Waals surface area contributed by atoms with E-state index in [1.165, 1.54) is 0 Å². The first-order valence-corrected chi connectivity index (χ1v) is 20.5. The average Bonchev–Trinajstić information content (AvgIpc) is 2.20. The van der Waals surface area contributed by atoms with Gasteiger partial charge in [-0.1, -0.05) is 5.92 Å². The molecule has 9 heteroatoms. The van der Waals surface area contributed by atoms with Crippen LogP contribution in [0.3, 0.4) is 0 Å². The normalized spacial score (nSPS) is 15.3. The summed E-state index contributed by atoms with van der Waals surface area (Å²) in [5, 5.41) is 0. The predicted molar refractivity (Wildman–Crippen MR) is 112 cm³/mol. The van der Waals surface area contributed by atoms with E-state index in [0.29, 0.717) is 13.2 Å². The van der Waals surface area contributed by atoms with E-state index in [1.807, 2.05) is 0 Å². The first kappa shape index (κ1) is 26.5. The molecule has 0 aliphatic carbocycles. The van der Waals surface area contributed by atoms with E-state index in [-0.39, 0.29) is 5.48 Å². The Balaban J connectivity index is 0. The van der Waals surface area contributed by atoms with E-state index in [9.17, 15) is 0 Å². The van der Waals surface area contributed by atoms with Crippen molar-refractivity contribution in [3.63, 3.8) is 0 Å². The van der Waals surface area contributed by atoms with Gasteiger partial charge >= 0.3 is 17.1 Å². The Bertz CT molecular complexity index is 398. The minimum atomic E-state index is -2.29. The predicted octanol–water partition coefficient (Wildman–Crippen LogP) is 3.70. The summed E-state index contributed by atoms with van der Waals surface area (Å²) < 4.78 is 24.8. The number of hydrogen-bond donors (Lipinski definition) is 0. The maximum absolute atomic E-state index is 6.59. The second-order valence-electron chi connectivity index (χ2n) is 8.42. The standard InChI is InChI=1S/C15H36O4Si4.H2O/c1-11-13-16-14-12-15-23(10,18-21(5,6)7)19-22(8,9)17-20(2,3)4;/h1H,12-15H2,2-10H3;1H2. The largest absolute Gasteiger partial charge is 0.437 e. The number of ether oxygens (including phenoxy) is 1. The highest BCUT2D eigenvalue weighted by molar-refractivity contribution is 6.89. The molecule has 2 N–H and O–H groups in total. The van der Waals surface area contributed by atoms with Gasteiger partial charge in [0.15, 0.2) is 16.6 Å². The average molecular weight is 411 g/mol. The second-order valence-corrected chi connectivity index (χ2v) is 24.9. The van der Waals surface area contributed by atoms with Gasteiger partial charge in [0.25, 0.3) is 0 Å². The highest BCUT2D eigenvalue weighted by Crippen LogP contribution is 2.27. The van der Waals surface area contributed by atoms with Gasteiger partial charge in [-0.15, -0.1) is 6.42 Å². The van der Waals surface area contributed by atoms with Crippen LogP contribution in [0.4, 0.5) is 0 Å². The van der Waals surface area contributed by atoms with Crippen LogP contribution >= 0.6 is 0 Å². The Morgan fingerprint density at radius 3 is 1.71 bits per heavy atom. The molecule has 0 amide bonds. The molecule has 0 aromatic carbocycles. The van der Waals surface area contributed by atoms with Gasteiger partial charge in [-0.2, -0.15) is 0 Å². The van der Waals surface area contributed by atoms with E-state index >= 15 is 0 Å². The Morgan fingerprint density at radius 2 is 1.29 bits per heavy atom. The van der Waals surface area contributed by atoms with Gasteiger partial charge in [0.1, 0.15) is 6.61 Å². The molecule has 0 fully saturated rings. The van der Waals surface area contributed by atoms with Gasteiger partial charge in [0, 0.05) is 6.61 Å². The van der Waals surface area contributed by atoms with Crippen LogP contribution in [0.25, 0.3) is 0 Å². The summed E-state index contributed by atoms with van der Waals surface area (Å²) in [5.74, 6) is 2.49. The zero-order chi connectivity index (χ0) is 18.4. The Hall–Kier alpha value is 0.228. The van der Waals surface area contributed by atoms with Gasteiger partial charge < -0.3 is 22.6 Å². The lowest BCUT2D eigenvalue weighted by atomic mass is 10.5. The smallest absolute Gasteiger partial charge is 0.315 e. The van der Waals surface area contributed by atoms with Crippen LogP contribution in [0.1, 0.15) is 6.42 Å². The fraction of sp³-hybridized carbons (Fsp3) is 0.867. The molecule has 0 radical (unpaired) electrons. The highest BCUT2D eigenvalue weighted by atomic mass is 28.5. The molecule has 0 bridgehead atoms. The van der Waals surface area contributed by atoms with Crippen molar-refractivity contribution >= 4 is 33.8 Å². The van der Waals surface area contributed by atoms with Crippen LogP contribution in [0.15, 0.2) is 0 Å². The number of hydrogen-bond acceptors (Lipinski definition) is 4. The first-order chi connectivity index (χ1) is 10.2. The summed E-state index contributed by atoms with van der Waals surface area (Å²) in [5.41, 5.74) is 0. The molecule has 144 valence electrons. The maximum Gasteiger partial charge on any atom is 0.315 e. The molecule has 0 spiro atoms. The molecule has 0 aliphatic rings. The summed E-state index contributed by atoms with van der Waals surface area (Å²) in [6.45, 7) is 20.7. The molecule has 5 nitrogen and oxygen atoms in total. The van der Waals surface area contributed by atoms with Crippen molar-refractivity contribution in [2.75, 3.05) is 13.2 Å². The summed E-state index contributed by atoms with van der Waals surface area (Å²) in [6.07, 6.45) is 6.11. The van der Waals surface area contributed by atoms with E-state index in [0.717, 1.165) is 12.5 Å². The molecule has 0 aromatic heterocycles. The Morgan fingerprint density at radius 1 is 0.792 bits per heavy atom. The van der Waals surface area contributed by atoms with Crippen molar-refractivity contribution in [3.8, 4) is 12.3 Å². The highest BCUT2D eigenvalue weighted by Gasteiger charge is 2.44. The Labute approximate surface area is 153 Å². The first-order valence-electron chi connectivity index (χ1n) is 8.30. The zero-order valence-electron chi connectivity index (χ0n) is 17.0. The molecular formula is C15H38O5Si4. The lowest BCUT2D eigenvalue weighted by molar-refractivity contribution is 0.165. The summed E-state index contributed by atoms with van der Waals surface area (Å²) in [6, 6.07) is 0.910. The third-order valence-corrected chi connectivity index (χ3v) is 16.2. The monoisotopic (exact) mass is 410 g/mol. The molecule has 0 aromatic rings. The maximum atomic E-state index is 6.59. The third kappa shape index (κ3) is 14.6. The van der Waals surface area contributed by atoms with Crippen molar-refractivity contribution in [3.05, 3.63) is 0 Å². The molecule has 0 rings (SSSR count). The van der Waals surface area contributed by atoms with E-state index < -0.39 is 33.8 Å². The van der Waals surface area contributed by atoms with E-state index in [1.54, 1.807) is 0 Å². The van der Waals surface area contributed by atoms with Crippen molar-refractivity contribution in [2.45, 2.75) is 71.4 Å². The SMILES string of the molecule is C#CCOCCC[Si](C)(O[Si](C)(C)C)O[Si](C)(C)O[Si](C)(C)C.O. The van der Waals surface area contributed by atoms with Crippen molar-refractivity contribution in [2.24, 2.45) is 0 Å². The van der Waals surface area contributed by atoms with Crippen LogP contribution in [-0.2, 0) is 17.1 Å². The number of rotatable bonds is 11. The summed E-state index contributed by atoms with van der Waals surface area (Å²) in [4.78, 5) is 0. The lowest BCUT2D eigenvalue weighted by Gasteiger charge is -2.41. The van der Waals surface area contributed by atoms with Gasteiger partial charge in [-0.05, 0) is 71.4 Å². The molecule has 0 saturated heterocycles. The van der Waals surface area contributed by atoms with Gasteiger partial charge in [-0.25, -0.2) is 0 Å². The topological polar surface area (TPSA) is 68.4 Å². The summed E-state index contributed by atoms with van der Waals surface area (Å²) >= 11 is 0. The minimum Gasteiger partial charge on any atom is -0.437 e. The lowest BCUT2D eigenvalue weighted by Crippen LogP contribution is -2.56. The van der Waals surface area contributed by atoms with Crippen LogP contribution in [0.2, 0.25) is 65.0 Å². The molecule has 24 heavy (non-hydrogen) atoms. The van der Waals surface area contributed by atoms with Gasteiger partial charge in [0.05, 0.1) is 0 Å². The minimum absolute atomic E-state index is 0. The molecule has 1 atom stereocenters. The number of terminal acetylenes is 1. The molecule has 0 aliphatic heterocycles. The Kier molecular flexibility index (Phi) is 11.5. The van der Waals surface area contributed by atoms with Crippen molar-refractivity contribution in [1.82, 2.24) is 0 Å². The quantitative estimate of drug-likeness (QED) is 0.296. The van der Waals surface area contributed by atoms with E-state index in [4.69, 9.17) is 23.5 Å². The van der Waals surface area contributed by atoms with Crippen LogP contribution < -0.4 is 0 Å². The fourth-order valence-electron chi connectivity index (χ4n) is 2.68. The molecule has 0 heterocycles. The molecular weight excluding hydrogens is 373 g/mol. The molecule has 0 saturated carbocycles. The van der Waals surface area contributed by atoms with Crippen molar-refractivity contribution in [1.29, 1.82) is 0 Å². The van der Waals surface area contributed by atoms with Crippen LogP contribution in [-0.4, -0.2) is 52.4 Å². The third-order valence-electron chi connectivity index (χ3n) is 2.64. The van der Waals surface area contributed by atoms with Gasteiger partial charge in [-0.3, -0.25) is 0 Å². The van der Waals surface area contributed by atoms with Crippen molar-refractivity contribution < 1.29 is 22.6 Å². The van der Waals surface area contributed by atoms with Gasteiger partial charge in [0.2, 0.25) is 0 Å². The van der Waals surface area contributed by atoms with Crippen LogP contribution in [0.5, 0.6) is 0 Å². The second kappa shape index (κ2) is 10.4. The summed E-state index contributed by atoms with van der Waals surface area (Å²) in [7, 11) is -7.81. The fourth-order valence-corrected chi connectivity index (χ4v) is 20.6. The van der Waals surface area contributed by atoms with E-state index in [2.05, 4.69) is 64.8 Å². The van der Waals surface area contributed by atoms with Crippen LogP contribution in [0, 0.1) is 12.3 Å². The molecule has 1 unspecified atom stereocenters. The zero-order valence-corrected chi connectivity index (χ0v) is 21.0.